The van der Waals surface area contributed by atoms with Gasteiger partial charge in [0.1, 0.15) is 17.1 Å². The van der Waals surface area contributed by atoms with Gasteiger partial charge in [0, 0.05) is 10.9 Å². The Balaban J connectivity index is 1.40. The molecule has 4 aromatic carbocycles. The Labute approximate surface area is 170 Å². The lowest BCUT2D eigenvalue weighted by Crippen LogP contribution is -2.02. The van der Waals surface area contributed by atoms with E-state index in [-0.39, 0.29) is 5.78 Å². The molecular weight excluding hydrogens is 380 g/mol. The Bertz CT molecular complexity index is 1430. The van der Waals surface area contributed by atoms with Gasteiger partial charge in [0.15, 0.2) is 5.76 Å². The molecule has 5 aromatic rings. The van der Waals surface area contributed by atoms with E-state index >= 15 is 0 Å². The quantitative estimate of drug-likeness (QED) is 0.294. The van der Waals surface area contributed by atoms with Crippen molar-refractivity contribution in [3.63, 3.8) is 0 Å². The van der Waals surface area contributed by atoms with Gasteiger partial charge < -0.3 is 9.15 Å². The molecular formula is C25H14O3S. The number of carbonyl (C=O) groups is 1. The van der Waals surface area contributed by atoms with Crippen LogP contribution in [-0.2, 0) is 0 Å². The maximum absolute atomic E-state index is 13.1. The normalized spacial score (nSPS) is 12.4. The van der Waals surface area contributed by atoms with Crippen molar-refractivity contribution in [1.29, 1.82) is 0 Å². The van der Waals surface area contributed by atoms with Gasteiger partial charge in [-0.3, -0.25) is 4.79 Å². The number of fused-ring (bicyclic) bond motifs is 5. The monoisotopic (exact) mass is 394 g/mol. The first kappa shape index (κ1) is 16.5. The summed E-state index contributed by atoms with van der Waals surface area (Å²) in [6.45, 7) is 0. The number of hydrogen-bond acceptors (Lipinski definition) is 4. The second-order valence-electron chi connectivity index (χ2n) is 6.95. The highest BCUT2D eigenvalue weighted by Gasteiger charge is 2.21. The zero-order chi connectivity index (χ0) is 19.4. The highest BCUT2D eigenvalue weighted by atomic mass is 32.2. The van der Waals surface area contributed by atoms with Crippen molar-refractivity contribution in [3.05, 3.63) is 96.3 Å². The van der Waals surface area contributed by atoms with Crippen LogP contribution in [0.2, 0.25) is 0 Å². The molecule has 0 aliphatic carbocycles. The van der Waals surface area contributed by atoms with Crippen LogP contribution in [0.1, 0.15) is 16.1 Å². The minimum Gasteiger partial charge on any atom is -0.455 e. The van der Waals surface area contributed by atoms with Crippen LogP contribution in [0.5, 0.6) is 11.5 Å². The van der Waals surface area contributed by atoms with Gasteiger partial charge in [0.25, 0.3) is 0 Å². The maximum Gasteiger partial charge on any atom is 0.228 e. The summed E-state index contributed by atoms with van der Waals surface area (Å²) in [6.07, 6.45) is 0. The topological polar surface area (TPSA) is 39.4 Å². The average Bonchev–Trinajstić information content (AvgIpc) is 3.22. The van der Waals surface area contributed by atoms with Gasteiger partial charge in [-0.25, -0.2) is 0 Å². The molecule has 29 heavy (non-hydrogen) atoms. The van der Waals surface area contributed by atoms with Gasteiger partial charge >= 0.3 is 0 Å². The molecule has 1 aromatic heterocycles. The zero-order valence-corrected chi connectivity index (χ0v) is 16.0. The largest absolute Gasteiger partial charge is 0.455 e. The van der Waals surface area contributed by atoms with E-state index in [0.717, 1.165) is 43.0 Å². The number of para-hydroxylation sites is 1. The van der Waals surface area contributed by atoms with Crippen LogP contribution in [0.15, 0.2) is 99.1 Å². The van der Waals surface area contributed by atoms with Crippen molar-refractivity contribution in [2.45, 2.75) is 9.79 Å². The van der Waals surface area contributed by atoms with Crippen LogP contribution in [0.25, 0.3) is 21.7 Å². The van der Waals surface area contributed by atoms with Crippen LogP contribution in [-0.4, -0.2) is 5.78 Å². The fourth-order valence-corrected chi connectivity index (χ4v) is 4.71. The van der Waals surface area contributed by atoms with Crippen molar-refractivity contribution in [3.8, 4) is 11.5 Å². The van der Waals surface area contributed by atoms with Gasteiger partial charge in [-0.1, -0.05) is 54.2 Å². The SMILES string of the molecule is O=C(c1ccc2c(c1)Sc1ccccc1O2)c1cc2c(ccc3ccccc32)o1. The van der Waals surface area contributed by atoms with Gasteiger partial charge in [-0.2, -0.15) is 0 Å². The number of rotatable bonds is 2. The number of furan rings is 1. The Hall–Kier alpha value is -3.50. The first-order valence-corrected chi connectivity index (χ1v) is 10.1. The summed E-state index contributed by atoms with van der Waals surface area (Å²) in [5.41, 5.74) is 1.30. The van der Waals surface area contributed by atoms with E-state index in [9.17, 15) is 4.79 Å². The highest BCUT2D eigenvalue weighted by Crippen LogP contribution is 2.47. The third-order valence-corrected chi connectivity index (χ3v) is 6.24. The minimum absolute atomic E-state index is 0.132. The van der Waals surface area contributed by atoms with Crippen LogP contribution < -0.4 is 4.74 Å². The summed E-state index contributed by atoms with van der Waals surface area (Å²) in [6, 6.07) is 27.3. The zero-order valence-electron chi connectivity index (χ0n) is 15.2. The van der Waals surface area contributed by atoms with Crippen molar-refractivity contribution >= 4 is 39.3 Å². The fraction of sp³-hybridized carbons (Fsp3) is 0. The van der Waals surface area contributed by atoms with Crippen LogP contribution in [0, 0.1) is 0 Å². The smallest absolute Gasteiger partial charge is 0.228 e. The molecule has 0 spiro atoms. The summed E-state index contributed by atoms with van der Waals surface area (Å²) in [4.78, 5) is 15.1. The Morgan fingerprint density at radius 3 is 2.52 bits per heavy atom. The van der Waals surface area contributed by atoms with E-state index in [1.165, 1.54) is 0 Å². The van der Waals surface area contributed by atoms with E-state index in [4.69, 9.17) is 9.15 Å². The summed E-state index contributed by atoms with van der Waals surface area (Å²) in [7, 11) is 0. The Morgan fingerprint density at radius 2 is 1.55 bits per heavy atom. The maximum atomic E-state index is 13.1. The fourth-order valence-electron chi connectivity index (χ4n) is 3.72. The molecule has 2 heterocycles. The molecule has 1 aliphatic rings. The van der Waals surface area contributed by atoms with Crippen LogP contribution in [0.3, 0.4) is 0 Å². The molecule has 0 bridgehead atoms. The lowest BCUT2D eigenvalue weighted by atomic mass is 10.1. The molecule has 0 saturated carbocycles. The molecule has 0 amide bonds. The van der Waals surface area contributed by atoms with Crippen molar-refractivity contribution < 1.29 is 13.9 Å². The standard InChI is InChI=1S/C25H14O3S/c26-25(22-14-18-17-6-2-1-5-15(17)9-11-19(18)27-22)16-10-12-21-24(13-16)29-23-8-4-3-7-20(23)28-21/h1-14H. The molecule has 4 heteroatoms. The average molecular weight is 394 g/mol. The van der Waals surface area contributed by atoms with E-state index in [2.05, 4.69) is 6.07 Å². The molecule has 138 valence electrons. The molecule has 0 N–H and O–H groups in total. The number of carbonyl (C=O) groups excluding carboxylic acids is 1. The molecule has 0 fully saturated rings. The Morgan fingerprint density at radius 1 is 0.724 bits per heavy atom. The van der Waals surface area contributed by atoms with Crippen molar-refractivity contribution in [2.75, 3.05) is 0 Å². The molecule has 0 atom stereocenters. The highest BCUT2D eigenvalue weighted by molar-refractivity contribution is 7.99. The summed E-state index contributed by atoms with van der Waals surface area (Å²) in [5.74, 6) is 1.82. The van der Waals surface area contributed by atoms with Gasteiger partial charge in [-0.15, -0.1) is 0 Å². The minimum atomic E-state index is -0.132. The lowest BCUT2D eigenvalue weighted by Gasteiger charge is -2.19. The molecule has 0 radical (unpaired) electrons. The van der Waals surface area contributed by atoms with Crippen molar-refractivity contribution in [2.24, 2.45) is 0 Å². The number of ether oxygens (including phenoxy) is 1. The van der Waals surface area contributed by atoms with Crippen LogP contribution in [0.4, 0.5) is 0 Å². The van der Waals surface area contributed by atoms with E-state index in [1.54, 1.807) is 17.8 Å². The third-order valence-electron chi connectivity index (χ3n) is 5.14. The molecule has 0 saturated heterocycles. The predicted octanol–water partition coefficient (Wildman–Crippen LogP) is 7.07. The first-order chi connectivity index (χ1) is 14.3. The number of hydrogen-bond donors (Lipinski definition) is 0. The second-order valence-corrected chi connectivity index (χ2v) is 8.03. The van der Waals surface area contributed by atoms with Gasteiger partial charge in [-0.05, 0) is 53.2 Å². The number of benzene rings is 4. The van der Waals surface area contributed by atoms with Gasteiger partial charge in [0.05, 0.1) is 9.79 Å². The van der Waals surface area contributed by atoms with E-state index in [1.807, 2.05) is 72.8 Å². The van der Waals surface area contributed by atoms with Crippen molar-refractivity contribution in [1.82, 2.24) is 0 Å². The second kappa shape index (κ2) is 6.26. The van der Waals surface area contributed by atoms with E-state index in [0.29, 0.717) is 11.3 Å². The lowest BCUT2D eigenvalue weighted by molar-refractivity contribution is 0.101. The van der Waals surface area contributed by atoms with Gasteiger partial charge in [0.2, 0.25) is 5.78 Å². The third kappa shape index (κ3) is 2.64. The molecule has 0 unspecified atom stereocenters. The number of ketones is 1. The molecule has 6 rings (SSSR count). The van der Waals surface area contributed by atoms with E-state index < -0.39 is 0 Å². The molecule has 1 aliphatic heterocycles. The van der Waals surface area contributed by atoms with Crippen LogP contribution >= 0.6 is 11.8 Å². The summed E-state index contributed by atoms with van der Waals surface area (Å²) < 4.78 is 11.9. The molecule has 3 nitrogen and oxygen atoms in total. The Kier molecular flexibility index (Phi) is 3.55. The first-order valence-electron chi connectivity index (χ1n) is 9.31. The predicted molar refractivity (Wildman–Crippen MR) is 114 cm³/mol. The summed E-state index contributed by atoms with van der Waals surface area (Å²) in [5, 5.41) is 3.16. The summed E-state index contributed by atoms with van der Waals surface area (Å²) >= 11 is 1.61.